The Bertz CT molecular complexity index is 823. The normalized spacial score (nSPS) is 20.3. The molecule has 2 aromatic rings. The number of tetrazole rings is 1. The highest BCUT2D eigenvalue weighted by molar-refractivity contribution is 7.91. The van der Waals surface area contributed by atoms with Crippen molar-refractivity contribution in [2.75, 3.05) is 11.5 Å². The summed E-state index contributed by atoms with van der Waals surface area (Å²) in [6.07, 6.45) is 2.16. The Morgan fingerprint density at radius 2 is 2.12 bits per heavy atom. The molecule has 0 radical (unpaired) electrons. The summed E-state index contributed by atoms with van der Waals surface area (Å²) in [5, 5.41) is 14.5. The molecule has 0 aliphatic carbocycles. The molecule has 25 heavy (non-hydrogen) atoms. The summed E-state index contributed by atoms with van der Waals surface area (Å²) in [6.45, 7) is 0.436. The van der Waals surface area contributed by atoms with E-state index in [2.05, 4.69) is 20.8 Å². The van der Waals surface area contributed by atoms with Gasteiger partial charge in [0, 0.05) is 23.4 Å². The van der Waals surface area contributed by atoms with Gasteiger partial charge in [0.25, 0.3) is 0 Å². The van der Waals surface area contributed by atoms with E-state index in [1.807, 2.05) is 12.1 Å². The number of halogens is 1. The summed E-state index contributed by atoms with van der Waals surface area (Å²) in [7, 11) is -3.03. The van der Waals surface area contributed by atoms with Gasteiger partial charge in [-0.1, -0.05) is 23.7 Å². The highest BCUT2D eigenvalue weighted by Crippen LogP contribution is 2.24. The van der Waals surface area contributed by atoms with Crippen LogP contribution in [0.4, 0.5) is 0 Å². The molecule has 1 amide bonds. The van der Waals surface area contributed by atoms with Gasteiger partial charge in [0.2, 0.25) is 5.91 Å². The van der Waals surface area contributed by atoms with E-state index in [4.69, 9.17) is 11.6 Å². The van der Waals surface area contributed by atoms with Crippen LogP contribution in [0.5, 0.6) is 0 Å². The van der Waals surface area contributed by atoms with Crippen LogP contribution >= 0.6 is 11.6 Å². The maximum Gasteiger partial charge on any atom is 0.220 e. The molecule has 2 atom stereocenters. The standard InChI is InChI=1S/C15H18ClN5O3S/c16-13-3-1-11(2-4-13)12(8-21-10-17-19-20-21)7-15(22)18-14-5-6-25(23,24)9-14/h1-4,10,12,14H,5-9H2,(H,18,22). The molecule has 1 aromatic heterocycles. The molecular weight excluding hydrogens is 366 g/mol. The topological polar surface area (TPSA) is 107 Å². The number of benzene rings is 1. The molecule has 0 bridgehead atoms. The number of amides is 1. The van der Waals surface area contributed by atoms with E-state index in [1.165, 1.54) is 6.33 Å². The third-order valence-electron chi connectivity index (χ3n) is 4.17. The molecule has 8 nitrogen and oxygen atoms in total. The van der Waals surface area contributed by atoms with Crippen molar-refractivity contribution in [2.24, 2.45) is 0 Å². The maximum atomic E-state index is 12.4. The molecule has 1 aliphatic rings. The van der Waals surface area contributed by atoms with Gasteiger partial charge in [0.15, 0.2) is 9.84 Å². The van der Waals surface area contributed by atoms with Crippen molar-refractivity contribution in [3.8, 4) is 0 Å². The van der Waals surface area contributed by atoms with Gasteiger partial charge in [-0.25, -0.2) is 13.1 Å². The molecule has 1 aliphatic heterocycles. The first-order valence-electron chi connectivity index (χ1n) is 7.87. The zero-order valence-electron chi connectivity index (χ0n) is 13.4. The molecule has 2 unspecified atom stereocenters. The van der Waals surface area contributed by atoms with Crippen LogP contribution in [0.15, 0.2) is 30.6 Å². The van der Waals surface area contributed by atoms with Crippen LogP contribution in [0.2, 0.25) is 5.02 Å². The fourth-order valence-corrected chi connectivity index (χ4v) is 4.73. The summed E-state index contributed by atoms with van der Waals surface area (Å²) in [5.74, 6) is -0.200. The number of hydrogen-bond donors (Lipinski definition) is 1. The molecule has 10 heteroatoms. The molecular formula is C15H18ClN5O3S. The average Bonchev–Trinajstić information content (AvgIpc) is 3.17. The molecule has 134 valence electrons. The Kier molecular flexibility index (Phi) is 5.33. The third kappa shape index (κ3) is 4.99. The summed E-state index contributed by atoms with van der Waals surface area (Å²) >= 11 is 5.93. The molecule has 0 saturated carbocycles. The number of carbonyl (C=O) groups excluding carboxylic acids is 1. The molecule has 0 spiro atoms. The second kappa shape index (κ2) is 7.49. The molecule has 1 saturated heterocycles. The van der Waals surface area contributed by atoms with Gasteiger partial charge >= 0.3 is 0 Å². The Labute approximate surface area is 150 Å². The number of hydrogen-bond acceptors (Lipinski definition) is 6. The smallest absolute Gasteiger partial charge is 0.220 e. The van der Waals surface area contributed by atoms with Crippen LogP contribution < -0.4 is 5.32 Å². The van der Waals surface area contributed by atoms with Crippen molar-refractivity contribution in [3.63, 3.8) is 0 Å². The van der Waals surface area contributed by atoms with E-state index in [9.17, 15) is 13.2 Å². The molecule has 1 fully saturated rings. The summed E-state index contributed by atoms with van der Waals surface area (Å²) < 4.78 is 24.6. The number of carbonyl (C=O) groups is 1. The lowest BCUT2D eigenvalue weighted by atomic mass is 9.95. The molecule has 3 rings (SSSR count). The van der Waals surface area contributed by atoms with Gasteiger partial charge in [-0.05, 0) is 34.5 Å². The highest BCUT2D eigenvalue weighted by Gasteiger charge is 2.29. The predicted octanol–water partition coefficient (Wildman–Crippen LogP) is 0.804. The van der Waals surface area contributed by atoms with Crippen LogP contribution in [0.1, 0.15) is 24.3 Å². The van der Waals surface area contributed by atoms with Crippen molar-refractivity contribution in [2.45, 2.75) is 31.3 Å². The lowest BCUT2D eigenvalue weighted by Crippen LogP contribution is -2.36. The zero-order valence-corrected chi connectivity index (χ0v) is 14.9. The van der Waals surface area contributed by atoms with Gasteiger partial charge in [0.05, 0.1) is 18.1 Å². The molecule has 1 aromatic carbocycles. The van der Waals surface area contributed by atoms with Crippen LogP contribution in [0, 0.1) is 0 Å². The largest absolute Gasteiger partial charge is 0.352 e. The van der Waals surface area contributed by atoms with Crippen LogP contribution in [0.3, 0.4) is 0 Å². The van der Waals surface area contributed by atoms with Gasteiger partial charge in [0.1, 0.15) is 6.33 Å². The van der Waals surface area contributed by atoms with E-state index in [-0.39, 0.29) is 35.8 Å². The first-order valence-corrected chi connectivity index (χ1v) is 10.1. The van der Waals surface area contributed by atoms with Crippen LogP contribution in [-0.2, 0) is 21.2 Å². The number of aromatic nitrogens is 4. The molecule has 1 N–H and O–H groups in total. The Morgan fingerprint density at radius 3 is 2.72 bits per heavy atom. The van der Waals surface area contributed by atoms with E-state index >= 15 is 0 Å². The molecule has 2 heterocycles. The highest BCUT2D eigenvalue weighted by atomic mass is 35.5. The van der Waals surface area contributed by atoms with E-state index < -0.39 is 9.84 Å². The zero-order chi connectivity index (χ0) is 17.9. The first kappa shape index (κ1) is 17.8. The lowest BCUT2D eigenvalue weighted by Gasteiger charge is -2.18. The number of rotatable bonds is 6. The van der Waals surface area contributed by atoms with Gasteiger partial charge in [-0.3, -0.25) is 4.79 Å². The minimum absolute atomic E-state index is 0.0113. The van der Waals surface area contributed by atoms with Crippen molar-refractivity contribution in [1.82, 2.24) is 25.5 Å². The van der Waals surface area contributed by atoms with Crippen LogP contribution in [0.25, 0.3) is 0 Å². The number of sulfone groups is 1. The van der Waals surface area contributed by atoms with Crippen LogP contribution in [-0.4, -0.2) is 52.1 Å². The van der Waals surface area contributed by atoms with Crippen molar-refractivity contribution in [3.05, 3.63) is 41.2 Å². The summed E-state index contributed by atoms with van der Waals surface area (Å²) in [4.78, 5) is 12.4. The number of nitrogens with zero attached hydrogens (tertiary/aromatic N) is 4. The second-order valence-corrected chi connectivity index (χ2v) is 8.82. The van der Waals surface area contributed by atoms with Gasteiger partial charge in [-0.15, -0.1) is 5.10 Å². The number of nitrogens with one attached hydrogen (secondary N) is 1. The maximum absolute atomic E-state index is 12.4. The van der Waals surface area contributed by atoms with Crippen molar-refractivity contribution in [1.29, 1.82) is 0 Å². The van der Waals surface area contributed by atoms with Crippen molar-refractivity contribution < 1.29 is 13.2 Å². The van der Waals surface area contributed by atoms with Gasteiger partial charge < -0.3 is 5.32 Å². The monoisotopic (exact) mass is 383 g/mol. The average molecular weight is 384 g/mol. The lowest BCUT2D eigenvalue weighted by molar-refractivity contribution is -0.122. The summed E-state index contributed by atoms with van der Waals surface area (Å²) in [5.41, 5.74) is 0.939. The van der Waals surface area contributed by atoms with E-state index in [0.717, 1.165) is 5.56 Å². The fourth-order valence-electron chi connectivity index (χ4n) is 2.93. The second-order valence-electron chi connectivity index (χ2n) is 6.15. The van der Waals surface area contributed by atoms with Gasteiger partial charge in [-0.2, -0.15) is 0 Å². The summed E-state index contributed by atoms with van der Waals surface area (Å²) in [6, 6.07) is 6.96. The minimum Gasteiger partial charge on any atom is -0.352 e. The van der Waals surface area contributed by atoms with E-state index in [0.29, 0.717) is 18.0 Å². The Balaban J connectivity index is 1.68. The van der Waals surface area contributed by atoms with Crippen molar-refractivity contribution >= 4 is 27.3 Å². The Hall–Kier alpha value is -2.00. The third-order valence-corrected chi connectivity index (χ3v) is 6.19. The Morgan fingerprint density at radius 1 is 1.36 bits per heavy atom. The SMILES string of the molecule is O=C(CC(Cn1cnnn1)c1ccc(Cl)cc1)NC1CCS(=O)(=O)C1. The minimum atomic E-state index is -3.03. The fraction of sp³-hybridized carbons (Fsp3) is 0.467. The quantitative estimate of drug-likeness (QED) is 0.790. The van der Waals surface area contributed by atoms with E-state index in [1.54, 1.807) is 16.8 Å². The first-order chi connectivity index (χ1) is 11.9. The predicted molar refractivity (Wildman–Crippen MR) is 91.8 cm³/mol.